The van der Waals surface area contributed by atoms with E-state index in [0.717, 1.165) is 15.9 Å². The number of nitrogens with one attached hydrogen (secondary N) is 1. The number of aromatic nitrogens is 1. The quantitative estimate of drug-likeness (QED) is 0.801. The standard InChI is InChI=1S/C13H14BrClN2OS/c1-3-18-13-10(14)4-9(15)5-11(13)17-8(2)12-6-16-7-19-12/h4-8,17H,3H2,1-2H3. The smallest absolute Gasteiger partial charge is 0.156 e. The molecule has 1 aromatic carbocycles. The normalized spacial score (nSPS) is 12.2. The predicted molar refractivity (Wildman–Crippen MR) is 84.5 cm³/mol. The summed E-state index contributed by atoms with van der Waals surface area (Å²) in [5.41, 5.74) is 2.70. The van der Waals surface area contributed by atoms with Gasteiger partial charge in [-0.05, 0) is 41.9 Å². The second-order valence-electron chi connectivity index (χ2n) is 3.97. The monoisotopic (exact) mass is 360 g/mol. The number of halogens is 2. The molecule has 1 aromatic heterocycles. The van der Waals surface area contributed by atoms with Crippen LogP contribution in [0.5, 0.6) is 5.75 Å². The molecule has 0 aliphatic carbocycles. The molecule has 0 saturated carbocycles. The minimum atomic E-state index is 0.150. The molecule has 0 amide bonds. The Balaban J connectivity index is 2.28. The fourth-order valence-electron chi connectivity index (χ4n) is 1.70. The zero-order valence-corrected chi connectivity index (χ0v) is 13.8. The summed E-state index contributed by atoms with van der Waals surface area (Å²) >= 11 is 11.2. The summed E-state index contributed by atoms with van der Waals surface area (Å²) in [7, 11) is 0. The minimum absolute atomic E-state index is 0.150. The summed E-state index contributed by atoms with van der Waals surface area (Å²) in [5.74, 6) is 0.781. The van der Waals surface area contributed by atoms with Crippen LogP contribution in [0.4, 0.5) is 5.69 Å². The van der Waals surface area contributed by atoms with Crippen LogP contribution in [0.15, 0.2) is 28.3 Å². The molecule has 0 saturated heterocycles. The first kappa shape index (κ1) is 14.6. The van der Waals surface area contributed by atoms with Crippen molar-refractivity contribution >= 4 is 44.6 Å². The summed E-state index contributed by atoms with van der Waals surface area (Å²) in [6.45, 7) is 4.64. The van der Waals surface area contributed by atoms with E-state index in [-0.39, 0.29) is 6.04 Å². The van der Waals surface area contributed by atoms with E-state index in [4.69, 9.17) is 16.3 Å². The fourth-order valence-corrected chi connectivity index (χ4v) is 3.26. The van der Waals surface area contributed by atoms with Gasteiger partial charge in [0.15, 0.2) is 5.75 Å². The average molecular weight is 362 g/mol. The van der Waals surface area contributed by atoms with Crippen LogP contribution in [0.3, 0.4) is 0 Å². The van der Waals surface area contributed by atoms with E-state index in [9.17, 15) is 0 Å². The van der Waals surface area contributed by atoms with E-state index in [2.05, 4.69) is 33.2 Å². The van der Waals surface area contributed by atoms with Crippen molar-refractivity contribution in [2.45, 2.75) is 19.9 Å². The number of benzene rings is 1. The van der Waals surface area contributed by atoms with Crippen LogP contribution in [0, 0.1) is 0 Å². The van der Waals surface area contributed by atoms with Crippen molar-refractivity contribution in [3.05, 3.63) is 38.2 Å². The molecule has 1 heterocycles. The molecule has 2 aromatic rings. The van der Waals surface area contributed by atoms with Gasteiger partial charge in [-0.1, -0.05) is 11.6 Å². The van der Waals surface area contributed by atoms with E-state index in [1.54, 1.807) is 11.3 Å². The molecular formula is C13H14BrClN2OS. The maximum atomic E-state index is 6.10. The Morgan fingerprint density at radius 3 is 2.95 bits per heavy atom. The molecule has 0 bridgehead atoms. The topological polar surface area (TPSA) is 34.1 Å². The third kappa shape index (κ3) is 3.61. The van der Waals surface area contributed by atoms with Gasteiger partial charge in [0.2, 0.25) is 0 Å². The summed E-state index contributed by atoms with van der Waals surface area (Å²) < 4.78 is 6.51. The second-order valence-corrected chi connectivity index (χ2v) is 6.18. The van der Waals surface area contributed by atoms with Gasteiger partial charge in [-0.25, -0.2) is 0 Å². The van der Waals surface area contributed by atoms with Crippen LogP contribution in [0.25, 0.3) is 0 Å². The molecule has 2 rings (SSSR count). The molecule has 3 nitrogen and oxygen atoms in total. The van der Waals surface area contributed by atoms with E-state index in [1.165, 1.54) is 4.88 Å². The summed E-state index contributed by atoms with van der Waals surface area (Å²) in [6, 6.07) is 3.85. The molecule has 0 radical (unpaired) electrons. The van der Waals surface area contributed by atoms with Crippen molar-refractivity contribution in [2.75, 3.05) is 11.9 Å². The number of ether oxygens (including phenoxy) is 1. The molecule has 0 spiro atoms. The van der Waals surface area contributed by atoms with Gasteiger partial charge in [0.1, 0.15) is 0 Å². The van der Waals surface area contributed by atoms with Crippen LogP contribution < -0.4 is 10.1 Å². The molecule has 0 aliphatic heterocycles. The lowest BCUT2D eigenvalue weighted by molar-refractivity contribution is 0.339. The highest BCUT2D eigenvalue weighted by atomic mass is 79.9. The number of thiazole rings is 1. The van der Waals surface area contributed by atoms with Gasteiger partial charge in [-0.15, -0.1) is 11.3 Å². The molecule has 1 N–H and O–H groups in total. The van der Waals surface area contributed by atoms with Crippen LogP contribution in [-0.2, 0) is 0 Å². The molecule has 1 unspecified atom stereocenters. The van der Waals surface area contributed by atoms with Gasteiger partial charge >= 0.3 is 0 Å². The highest BCUT2D eigenvalue weighted by Crippen LogP contribution is 2.38. The Morgan fingerprint density at radius 1 is 1.53 bits per heavy atom. The van der Waals surface area contributed by atoms with Gasteiger partial charge in [-0.3, -0.25) is 4.98 Å². The Labute approximate surface area is 130 Å². The van der Waals surface area contributed by atoms with Gasteiger partial charge in [-0.2, -0.15) is 0 Å². The molecule has 6 heteroatoms. The average Bonchev–Trinajstić information content (AvgIpc) is 2.87. The Kier molecular flexibility index (Phi) is 5.07. The molecule has 1 atom stereocenters. The van der Waals surface area contributed by atoms with Crippen molar-refractivity contribution in [1.82, 2.24) is 4.98 Å². The summed E-state index contributed by atoms with van der Waals surface area (Å²) in [4.78, 5) is 5.26. The molecule has 0 aliphatic rings. The van der Waals surface area contributed by atoms with Crippen LogP contribution in [0.2, 0.25) is 5.02 Å². The van der Waals surface area contributed by atoms with Crippen molar-refractivity contribution in [3.63, 3.8) is 0 Å². The van der Waals surface area contributed by atoms with E-state index in [1.807, 2.05) is 30.8 Å². The maximum Gasteiger partial charge on any atom is 0.156 e. The SMILES string of the molecule is CCOc1c(Br)cc(Cl)cc1NC(C)c1cncs1. The molecular weight excluding hydrogens is 348 g/mol. The lowest BCUT2D eigenvalue weighted by Crippen LogP contribution is -2.07. The highest BCUT2D eigenvalue weighted by Gasteiger charge is 2.14. The maximum absolute atomic E-state index is 6.10. The Bertz CT molecular complexity index is 548. The number of nitrogens with zero attached hydrogens (tertiary/aromatic N) is 1. The number of rotatable bonds is 5. The van der Waals surface area contributed by atoms with Gasteiger partial charge in [0, 0.05) is 16.1 Å². The van der Waals surface area contributed by atoms with Gasteiger partial charge < -0.3 is 10.1 Å². The van der Waals surface area contributed by atoms with Gasteiger partial charge in [0.05, 0.1) is 28.3 Å². The fraction of sp³-hybridized carbons (Fsp3) is 0.308. The predicted octanol–water partition coefficient (Wildman–Crippen LogP) is 5.13. The summed E-state index contributed by atoms with van der Waals surface area (Å²) in [6.07, 6.45) is 1.86. The third-order valence-electron chi connectivity index (χ3n) is 2.55. The number of anilines is 1. The molecule has 19 heavy (non-hydrogen) atoms. The third-order valence-corrected chi connectivity index (χ3v) is 4.31. The van der Waals surface area contributed by atoms with Crippen LogP contribution in [0.1, 0.15) is 24.8 Å². The lowest BCUT2D eigenvalue weighted by Gasteiger charge is -2.18. The zero-order chi connectivity index (χ0) is 13.8. The first-order valence-corrected chi connectivity index (χ1v) is 7.93. The second kappa shape index (κ2) is 6.59. The summed E-state index contributed by atoms with van der Waals surface area (Å²) in [5, 5.41) is 4.07. The van der Waals surface area contributed by atoms with Crippen molar-refractivity contribution in [3.8, 4) is 5.75 Å². The van der Waals surface area contributed by atoms with Crippen molar-refractivity contribution < 1.29 is 4.74 Å². The highest BCUT2D eigenvalue weighted by molar-refractivity contribution is 9.10. The Hall–Kier alpha value is -0.780. The van der Waals surface area contributed by atoms with E-state index < -0.39 is 0 Å². The first-order valence-electron chi connectivity index (χ1n) is 5.88. The lowest BCUT2D eigenvalue weighted by atomic mass is 10.2. The Morgan fingerprint density at radius 2 is 2.32 bits per heavy atom. The minimum Gasteiger partial charge on any atom is -0.491 e. The van der Waals surface area contributed by atoms with Crippen molar-refractivity contribution in [2.24, 2.45) is 0 Å². The number of hydrogen-bond acceptors (Lipinski definition) is 4. The van der Waals surface area contributed by atoms with Crippen molar-refractivity contribution in [1.29, 1.82) is 0 Å². The van der Waals surface area contributed by atoms with Gasteiger partial charge in [0.25, 0.3) is 0 Å². The number of hydrogen-bond donors (Lipinski definition) is 1. The molecule has 102 valence electrons. The van der Waals surface area contributed by atoms with Crippen LogP contribution >= 0.6 is 38.9 Å². The first-order chi connectivity index (χ1) is 9.11. The largest absolute Gasteiger partial charge is 0.491 e. The zero-order valence-electron chi connectivity index (χ0n) is 10.6. The molecule has 0 fully saturated rings. The van der Waals surface area contributed by atoms with E-state index in [0.29, 0.717) is 11.6 Å². The van der Waals surface area contributed by atoms with E-state index >= 15 is 0 Å². The van der Waals surface area contributed by atoms with Crippen LogP contribution in [-0.4, -0.2) is 11.6 Å².